The van der Waals surface area contributed by atoms with Gasteiger partial charge in [0.25, 0.3) is 0 Å². The topological polar surface area (TPSA) is 66.5 Å². The van der Waals surface area contributed by atoms with Crippen LogP contribution in [-0.4, -0.2) is 38.9 Å². The number of likely N-dealkylation sites (tertiary alicyclic amines) is 1. The predicted octanol–water partition coefficient (Wildman–Crippen LogP) is 2.39. The first-order chi connectivity index (χ1) is 11.2. The molecule has 0 unspecified atom stereocenters. The van der Waals surface area contributed by atoms with E-state index in [1.807, 2.05) is 0 Å². The van der Waals surface area contributed by atoms with Crippen molar-refractivity contribution >= 4 is 15.9 Å². The molecule has 2 rings (SSSR count). The predicted molar refractivity (Wildman–Crippen MR) is 81.7 cm³/mol. The highest BCUT2D eigenvalue weighted by atomic mass is 32.2. The van der Waals surface area contributed by atoms with E-state index in [4.69, 9.17) is 0 Å². The van der Waals surface area contributed by atoms with Crippen LogP contribution < -0.4 is 4.72 Å². The average molecular weight is 364 g/mol. The molecule has 0 aliphatic carbocycles. The van der Waals surface area contributed by atoms with Crippen molar-refractivity contribution < 1.29 is 26.4 Å². The number of nitrogens with zero attached hydrogens (tertiary/aromatic N) is 1. The van der Waals surface area contributed by atoms with Crippen LogP contribution in [-0.2, 0) is 21.0 Å². The van der Waals surface area contributed by atoms with Crippen LogP contribution in [0.5, 0.6) is 0 Å². The molecule has 1 fully saturated rings. The third-order valence-corrected chi connectivity index (χ3v) is 5.35. The smallest absolute Gasteiger partial charge is 0.341 e. The summed E-state index contributed by atoms with van der Waals surface area (Å²) in [4.78, 5) is 12.6. The van der Waals surface area contributed by atoms with E-state index in [2.05, 4.69) is 4.72 Å². The molecule has 1 aliphatic rings. The Bertz CT molecular complexity index is 689. The number of rotatable bonds is 5. The second-order valence-electron chi connectivity index (χ2n) is 5.58. The van der Waals surface area contributed by atoms with Gasteiger partial charge in [0.05, 0.1) is 10.5 Å². The molecule has 0 bridgehead atoms. The summed E-state index contributed by atoms with van der Waals surface area (Å²) in [5.41, 5.74) is -1.21. The fraction of sp³-hybridized carbons (Fsp3) is 0.533. The molecule has 9 heteroatoms. The highest BCUT2D eigenvalue weighted by molar-refractivity contribution is 7.89. The minimum Gasteiger partial charge on any atom is -0.341 e. The molecule has 1 amide bonds. The van der Waals surface area contributed by atoms with E-state index in [9.17, 15) is 26.4 Å². The van der Waals surface area contributed by atoms with Gasteiger partial charge in [0, 0.05) is 26.1 Å². The third kappa shape index (κ3) is 4.70. The van der Waals surface area contributed by atoms with Crippen molar-refractivity contribution in [2.45, 2.75) is 36.8 Å². The van der Waals surface area contributed by atoms with Crippen LogP contribution in [0, 0.1) is 0 Å². The van der Waals surface area contributed by atoms with Gasteiger partial charge in [-0.3, -0.25) is 4.79 Å². The monoisotopic (exact) mass is 364 g/mol. The van der Waals surface area contributed by atoms with Crippen molar-refractivity contribution in [3.63, 3.8) is 0 Å². The van der Waals surface area contributed by atoms with Crippen LogP contribution in [0.1, 0.15) is 31.2 Å². The van der Waals surface area contributed by atoms with Crippen LogP contribution >= 0.6 is 0 Å². The molecule has 1 N–H and O–H groups in total. The number of carbonyl (C=O) groups excluding carboxylic acids is 1. The lowest BCUT2D eigenvalue weighted by molar-refractivity contribution is -0.139. The van der Waals surface area contributed by atoms with E-state index >= 15 is 0 Å². The first-order valence-electron chi connectivity index (χ1n) is 7.65. The van der Waals surface area contributed by atoms with Gasteiger partial charge in [-0.05, 0) is 25.0 Å². The number of benzene rings is 1. The number of sulfonamides is 1. The van der Waals surface area contributed by atoms with E-state index in [1.54, 1.807) is 4.90 Å². The Morgan fingerprint density at radius 2 is 1.83 bits per heavy atom. The zero-order valence-corrected chi connectivity index (χ0v) is 13.8. The zero-order valence-electron chi connectivity index (χ0n) is 13.0. The fourth-order valence-electron chi connectivity index (χ4n) is 2.60. The average Bonchev–Trinajstić information content (AvgIpc) is 2.71. The Labute approximate surface area is 138 Å². The zero-order chi connectivity index (χ0) is 17.8. The SMILES string of the molecule is O=C1CCCCCN1CCNS(=O)(=O)c1ccccc1C(F)(F)F. The molecular weight excluding hydrogens is 345 g/mol. The number of alkyl halides is 3. The molecule has 1 aromatic rings. The molecule has 5 nitrogen and oxygen atoms in total. The van der Waals surface area contributed by atoms with Crippen LogP contribution in [0.15, 0.2) is 29.2 Å². The summed E-state index contributed by atoms with van der Waals surface area (Å²) in [6.45, 7) is 0.562. The quantitative estimate of drug-likeness (QED) is 0.872. The first kappa shape index (κ1) is 18.7. The summed E-state index contributed by atoms with van der Waals surface area (Å²) >= 11 is 0. The Balaban J connectivity index is 2.06. The van der Waals surface area contributed by atoms with E-state index in [1.165, 1.54) is 6.07 Å². The Morgan fingerprint density at radius 3 is 2.54 bits per heavy atom. The molecule has 0 atom stereocenters. The van der Waals surface area contributed by atoms with Crippen molar-refractivity contribution in [3.8, 4) is 0 Å². The molecule has 0 spiro atoms. The van der Waals surface area contributed by atoms with E-state index in [0.29, 0.717) is 13.0 Å². The molecule has 134 valence electrons. The summed E-state index contributed by atoms with van der Waals surface area (Å²) in [6.07, 6.45) is -1.75. The maximum Gasteiger partial charge on any atom is 0.417 e. The minimum atomic E-state index is -4.76. The van der Waals surface area contributed by atoms with Crippen molar-refractivity contribution in [3.05, 3.63) is 29.8 Å². The minimum absolute atomic E-state index is 0.0533. The summed E-state index contributed by atoms with van der Waals surface area (Å²) in [5, 5.41) is 0. The largest absolute Gasteiger partial charge is 0.417 e. The van der Waals surface area contributed by atoms with Crippen molar-refractivity contribution in [2.75, 3.05) is 19.6 Å². The molecule has 1 aliphatic heterocycles. The maximum atomic E-state index is 12.9. The second-order valence-corrected chi connectivity index (χ2v) is 7.32. The molecule has 1 aromatic carbocycles. The lowest BCUT2D eigenvalue weighted by Crippen LogP contribution is -2.38. The van der Waals surface area contributed by atoms with Crippen LogP contribution in [0.4, 0.5) is 13.2 Å². The second kappa shape index (κ2) is 7.52. The Kier molecular flexibility index (Phi) is 5.87. The Morgan fingerprint density at radius 1 is 1.12 bits per heavy atom. The molecule has 24 heavy (non-hydrogen) atoms. The van der Waals surface area contributed by atoms with Crippen molar-refractivity contribution in [1.82, 2.24) is 9.62 Å². The number of halogens is 3. The van der Waals surface area contributed by atoms with Gasteiger partial charge in [-0.25, -0.2) is 13.1 Å². The van der Waals surface area contributed by atoms with Crippen molar-refractivity contribution in [2.24, 2.45) is 0 Å². The molecule has 0 aromatic heterocycles. The summed E-state index contributed by atoms with van der Waals surface area (Å²) in [7, 11) is -4.31. The van der Waals surface area contributed by atoms with Gasteiger partial charge in [-0.2, -0.15) is 13.2 Å². The molecule has 0 radical (unpaired) electrons. The number of amides is 1. The standard InChI is InChI=1S/C15H19F3N2O3S/c16-15(17,18)12-6-3-4-7-13(12)24(22,23)19-9-11-20-10-5-1-2-8-14(20)21/h3-4,6-7,19H,1-2,5,8-11H2. The normalized spacial score (nSPS) is 17.0. The summed E-state index contributed by atoms with van der Waals surface area (Å²) < 4.78 is 65.3. The van der Waals surface area contributed by atoms with E-state index in [-0.39, 0.29) is 19.0 Å². The van der Waals surface area contributed by atoms with Gasteiger partial charge in [-0.15, -0.1) is 0 Å². The molecule has 0 saturated carbocycles. The van der Waals surface area contributed by atoms with Crippen LogP contribution in [0.2, 0.25) is 0 Å². The van der Waals surface area contributed by atoms with Gasteiger partial charge in [-0.1, -0.05) is 18.6 Å². The third-order valence-electron chi connectivity index (χ3n) is 3.83. The van der Waals surface area contributed by atoms with Crippen molar-refractivity contribution in [1.29, 1.82) is 0 Å². The highest BCUT2D eigenvalue weighted by Gasteiger charge is 2.36. The number of hydrogen-bond donors (Lipinski definition) is 1. The highest BCUT2D eigenvalue weighted by Crippen LogP contribution is 2.33. The first-order valence-corrected chi connectivity index (χ1v) is 9.14. The fourth-order valence-corrected chi connectivity index (χ4v) is 3.85. The summed E-state index contributed by atoms with van der Waals surface area (Å²) in [5.74, 6) is -0.0533. The van der Waals surface area contributed by atoms with E-state index < -0.39 is 26.7 Å². The van der Waals surface area contributed by atoms with Crippen LogP contribution in [0.25, 0.3) is 0 Å². The van der Waals surface area contributed by atoms with Gasteiger partial charge in [0.2, 0.25) is 15.9 Å². The lowest BCUT2D eigenvalue weighted by atomic mass is 10.2. The number of nitrogens with one attached hydrogen (secondary N) is 1. The van der Waals surface area contributed by atoms with Crippen LogP contribution in [0.3, 0.4) is 0 Å². The maximum absolute atomic E-state index is 12.9. The van der Waals surface area contributed by atoms with Gasteiger partial charge >= 0.3 is 6.18 Å². The van der Waals surface area contributed by atoms with Gasteiger partial charge in [0.15, 0.2) is 0 Å². The number of carbonyl (C=O) groups is 1. The molecule has 1 heterocycles. The molecule has 1 saturated heterocycles. The van der Waals surface area contributed by atoms with Gasteiger partial charge in [0.1, 0.15) is 0 Å². The van der Waals surface area contributed by atoms with Gasteiger partial charge < -0.3 is 4.90 Å². The Hall–Kier alpha value is -1.61. The lowest BCUT2D eigenvalue weighted by Gasteiger charge is -2.21. The van der Waals surface area contributed by atoms with E-state index in [0.717, 1.165) is 37.5 Å². The number of hydrogen-bond acceptors (Lipinski definition) is 3. The molecular formula is C15H19F3N2O3S. The summed E-state index contributed by atoms with van der Waals surface area (Å²) in [6, 6.07) is 4.02.